The number of nitrogens with one attached hydrogen (secondary N) is 1. The lowest BCUT2D eigenvalue weighted by Gasteiger charge is -2.37. The van der Waals surface area contributed by atoms with Crippen molar-refractivity contribution in [3.05, 3.63) is 60.6 Å². The number of fused-ring (bicyclic) bond motifs is 1. The molecule has 4 rings (SSSR count). The van der Waals surface area contributed by atoms with Gasteiger partial charge in [0.15, 0.2) is 0 Å². The van der Waals surface area contributed by atoms with Gasteiger partial charge in [-0.15, -0.1) is 0 Å². The number of aromatic nitrogens is 2. The van der Waals surface area contributed by atoms with E-state index in [0.29, 0.717) is 12.1 Å². The van der Waals surface area contributed by atoms with E-state index in [2.05, 4.69) is 39.2 Å². The third kappa shape index (κ3) is 6.55. The largest absolute Gasteiger partial charge is 0.508 e. The summed E-state index contributed by atoms with van der Waals surface area (Å²) >= 11 is 0. The van der Waals surface area contributed by atoms with Crippen LogP contribution in [0.3, 0.4) is 0 Å². The molecule has 1 unspecified atom stereocenters. The van der Waals surface area contributed by atoms with E-state index in [0.717, 1.165) is 42.5 Å². The number of alkyl halides is 3. The van der Waals surface area contributed by atoms with Crippen molar-refractivity contribution in [1.82, 2.24) is 14.9 Å². The average molecular weight is 462 g/mol. The van der Waals surface area contributed by atoms with Gasteiger partial charge in [-0.1, -0.05) is 0 Å². The van der Waals surface area contributed by atoms with Gasteiger partial charge in [-0.25, -0.2) is 4.79 Å². The van der Waals surface area contributed by atoms with Crippen LogP contribution in [0.1, 0.15) is 31.4 Å². The highest BCUT2D eigenvalue weighted by Crippen LogP contribution is 2.28. The summed E-state index contributed by atoms with van der Waals surface area (Å²) in [6.45, 7) is 4.42. The summed E-state index contributed by atoms with van der Waals surface area (Å²) in [4.78, 5) is 19.9. The van der Waals surface area contributed by atoms with Crippen LogP contribution in [-0.4, -0.2) is 56.4 Å². The van der Waals surface area contributed by atoms with Gasteiger partial charge in [0.25, 0.3) is 0 Å². The number of phenols is 1. The highest BCUT2D eigenvalue weighted by molar-refractivity contribution is 5.91. The molecule has 7 nitrogen and oxygen atoms in total. The van der Waals surface area contributed by atoms with Gasteiger partial charge in [-0.05, 0) is 55.7 Å². The van der Waals surface area contributed by atoms with E-state index in [1.165, 1.54) is 5.56 Å². The van der Waals surface area contributed by atoms with Crippen LogP contribution in [0.25, 0.3) is 10.9 Å². The summed E-state index contributed by atoms with van der Waals surface area (Å²) < 4.78 is 31.7. The first-order valence-corrected chi connectivity index (χ1v) is 10.4. The molecular weight excluding hydrogens is 437 g/mol. The predicted molar refractivity (Wildman–Crippen MR) is 118 cm³/mol. The zero-order valence-electron chi connectivity index (χ0n) is 18.0. The van der Waals surface area contributed by atoms with E-state index in [-0.39, 0.29) is 5.75 Å². The van der Waals surface area contributed by atoms with Crippen molar-refractivity contribution in [1.29, 1.82) is 0 Å². The lowest BCUT2D eigenvalue weighted by molar-refractivity contribution is -0.192. The van der Waals surface area contributed by atoms with Crippen molar-refractivity contribution in [2.24, 2.45) is 0 Å². The standard InChI is InChI=1S/C21H24N4O.C2HF3O2/c1-15(16-4-9-22-10-5-16)25-12-7-17(8-13-25)24-20-6-11-23-21-14-18(26)2-3-19(20)21;3-2(4,5)1(6)7/h2-6,9-11,14-15,17,26H,7-8,12-13H2,1H3,(H,23,24);(H,6,7). The molecule has 3 heterocycles. The molecule has 0 aliphatic carbocycles. The van der Waals surface area contributed by atoms with Crippen LogP contribution in [0.4, 0.5) is 18.9 Å². The lowest BCUT2D eigenvalue weighted by Crippen LogP contribution is -2.40. The van der Waals surface area contributed by atoms with Crippen LogP contribution in [0.5, 0.6) is 5.75 Å². The first-order valence-electron chi connectivity index (χ1n) is 10.4. The molecule has 1 aliphatic heterocycles. The van der Waals surface area contributed by atoms with Gasteiger partial charge in [0, 0.05) is 60.9 Å². The molecule has 33 heavy (non-hydrogen) atoms. The van der Waals surface area contributed by atoms with Crippen molar-refractivity contribution < 1.29 is 28.2 Å². The van der Waals surface area contributed by atoms with Gasteiger partial charge < -0.3 is 15.5 Å². The average Bonchev–Trinajstić information content (AvgIpc) is 2.79. The number of likely N-dealkylation sites (tertiary alicyclic amines) is 1. The van der Waals surface area contributed by atoms with Crippen LogP contribution in [-0.2, 0) is 4.79 Å². The van der Waals surface area contributed by atoms with Crippen molar-refractivity contribution in [2.75, 3.05) is 18.4 Å². The maximum Gasteiger partial charge on any atom is 0.490 e. The van der Waals surface area contributed by atoms with Crippen molar-refractivity contribution >= 4 is 22.6 Å². The number of piperidine rings is 1. The Labute approximate surface area is 188 Å². The number of halogens is 3. The topological polar surface area (TPSA) is 98.6 Å². The Balaban J connectivity index is 0.000000383. The van der Waals surface area contributed by atoms with Gasteiger partial charge in [0.2, 0.25) is 0 Å². The number of phenolic OH excluding ortho intramolecular Hbond substituents is 1. The minimum Gasteiger partial charge on any atom is -0.508 e. The second-order valence-electron chi connectivity index (χ2n) is 7.77. The van der Waals surface area contributed by atoms with Crippen LogP contribution < -0.4 is 5.32 Å². The van der Waals surface area contributed by atoms with Crippen LogP contribution in [0.15, 0.2) is 55.0 Å². The molecule has 3 N–H and O–H groups in total. The number of aromatic hydroxyl groups is 1. The first-order chi connectivity index (χ1) is 15.6. The molecule has 1 aliphatic rings. The van der Waals surface area contributed by atoms with E-state index in [9.17, 15) is 18.3 Å². The number of hydrogen-bond acceptors (Lipinski definition) is 6. The summed E-state index contributed by atoms with van der Waals surface area (Å²) in [6.07, 6.45) is 2.67. The smallest absolute Gasteiger partial charge is 0.490 e. The molecule has 176 valence electrons. The molecule has 1 fully saturated rings. The Morgan fingerprint density at radius 2 is 1.76 bits per heavy atom. The van der Waals surface area contributed by atoms with E-state index in [4.69, 9.17) is 9.90 Å². The molecule has 3 aromatic rings. The Bertz CT molecular complexity index is 1070. The van der Waals surface area contributed by atoms with Crippen LogP contribution in [0, 0.1) is 0 Å². The quantitative estimate of drug-likeness (QED) is 0.521. The second-order valence-corrected chi connectivity index (χ2v) is 7.77. The SMILES string of the molecule is CC(c1ccncc1)N1CCC(Nc2ccnc3cc(O)ccc23)CC1.O=C(O)C(F)(F)F. The third-order valence-electron chi connectivity index (χ3n) is 5.59. The third-order valence-corrected chi connectivity index (χ3v) is 5.59. The van der Waals surface area contributed by atoms with Gasteiger partial charge in [0.1, 0.15) is 5.75 Å². The Hall–Kier alpha value is -3.40. The summed E-state index contributed by atoms with van der Waals surface area (Å²) in [5.41, 5.74) is 3.24. The number of benzene rings is 1. The predicted octanol–water partition coefficient (Wildman–Crippen LogP) is 4.61. The fraction of sp³-hybridized carbons (Fsp3) is 0.348. The molecule has 2 aromatic heterocycles. The molecule has 0 spiro atoms. The molecular formula is C23H25F3N4O3. The molecule has 0 amide bonds. The van der Waals surface area contributed by atoms with Crippen LogP contribution in [0.2, 0.25) is 0 Å². The maximum absolute atomic E-state index is 10.6. The summed E-state index contributed by atoms with van der Waals surface area (Å²) in [6, 6.07) is 12.5. The molecule has 10 heteroatoms. The van der Waals surface area contributed by atoms with Crippen molar-refractivity contribution in [3.8, 4) is 5.75 Å². The highest BCUT2D eigenvalue weighted by atomic mass is 19.4. The number of hydrogen-bond donors (Lipinski definition) is 3. The van der Waals surface area contributed by atoms with Gasteiger partial charge in [0.05, 0.1) is 5.52 Å². The molecule has 0 bridgehead atoms. The zero-order chi connectivity index (χ0) is 24.0. The number of carbonyl (C=O) groups is 1. The van der Waals surface area contributed by atoms with Crippen molar-refractivity contribution in [2.45, 2.75) is 38.0 Å². The summed E-state index contributed by atoms with van der Waals surface area (Å²) in [5, 5.41) is 21.5. The molecule has 1 aromatic carbocycles. The molecule has 0 saturated carbocycles. The Morgan fingerprint density at radius 1 is 1.12 bits per heavy atom. The molecule has 0 radical (unpaired) electrons. The fourth-order valence-electron chi connectivity index (χ4n) is 3.77. The van der Waals surface area contributed by atoms with Gasteiger partial charge in [-0.3, -0.25) is 14.9 Å². The summed E-state index contributed by atoms with van der Waals surface area (Å²) in [7, 11) is 0. The number of rotatable bonds is 4. The maximum atomic E-state index is 10.6. The Kier molecular flexibility index (Phi) is 7.70. The first kappa shape index (κ1) is 24.2. The number of nitrogens with zero attached hydrogens (tertiary/aromatic N) is 3. The van der Waals surface area contributed by atoms with E-state index >= 15 is 0 Å². The van der Waals surface area contributed by atoms with E-state index in [1.807, 2.05) is 24.5 Å². The van der Waals surface area contributed by atoms with Gasteiger partial charge >= 0.3 is 12.1 Å². The zero-order valence-corrected chi connectivity index (χ0v) is 18.0. The van der Waals surface area contributed by atoms with Gasteiger partial charge in [-0.2, -0.15) is 13.2 Å². The number of anilines is 1. The van der Waals surface area contributed by atoms with Crippen LogP contribution >= 0.6 is 0 Å². The number of aliphatic carboxylic acids is 1. The minimum atomic E-state index is -5.08. The van der Waals surface area contributed by atoms with Crippen molar-refractivity contribution in [3.63, 3.8) is 0 Å². The number of carboxylic acids is 1. The molecule has 1 saturated heterocycles. The fourth-order valence-corrected chi connectivity index (χ4v) is 3.77. The normalized spacial score (nSPS) is 16.0. The number of carboxylic acid groups (broad SMARTS) is 1. The summed E-state index contributed by atoms with van der Waals surface area (Å²) in [5.74, 6) is -2.51. The second kappa shape index (κ2) is 10.5. The lowest BCUT2D eigenvalue weighted by atomic mass is 10.00. The highest BCUT2D eigenvalue weighted by Gasteiger charge is 2.38. The monoisotopic (exact) mass is 462 g/mol. The van der Waals surface area contributed by atoms with E-state index in [1.54, 1.807) is 18.3 Å². The molecule has 1 atom stereocenters. The Morgan fingerprint density at radius 3 is 2.36 bits per heavy atom. The number of pyridine rings is 2. The minimum absolute atomic E-state index is 0.251. The van der Waals surface area contributed by atoms with E-state index < -0.39 is 12.1 Å².